The van der Waals surface area contributed by atoms with E-state index in [0.717, 1.165) is 17.7 Å². The summed E-state index contributed by atoms with van der Waals surface area (Å²) < 4.78 is 1.59. The molecule has 28 heavy (non-hydrogen) atoms. The first-order valence-corrected chi connectivity index (χ1v) is 9.56. The van der Waals surface area contributed by atoms with Crippen molar-refractivity contribution in [3.8, 4) is 11.4 Å². The number of carbonyl (C=O) groups excluding carboxylic acids is 1. The molecule has 0 spiro atoms. The molecule has 1 aliphatic carbocycles. The van der Waals surface area contributed by atoms with E-state index < -0.39 is 0 Å². The Bertz CT molecular complexity index is 1200. The number of hydrogen-bond donors (Lipinski definition) is 0. The van der Waals surface area contributed by atoms with Crippen molar-refractivity contribution in [3.63, 3.8) is 0 Å². The number of carbonyl (C=O) groups is 1. The smallest absolute Gasteiger partial charge is 0.252 e. The van der Waals surface area contributed by atoms with E-state index in [9.17, 15) is 4.79 Å². The van der Waals surface area contributed by atoms with Gasteiger partial charge in [-0.25, -0.2) is 9.50 Å². The Morgan fingerprint density at radius 3 is 2.50 bits per heavy atom. The van der Waals surface area contributed by atoms with Gasteiger partial charge in [-0.3, -0.25) is 4.79 Å². The van der Waals surface area contributed by atoms with Crippen LogP contribution in [-0.2, 0) is 6.42 Å². The van der Waals surface area contributed by atoms with Crippen molar-refractivity contribution in [1.82, 2.24) is 19.6 Å². The topological polar surface area (TPSA) is 60.2 Å². The van der Waals surface area contributed by atoms with E-state index in [1.54, 1.807) is 22.8 Å². The molecule has 5 rings (SSSR count). The van der Waals surface area contributed by atoms with E-state index in [-0.39, 0.29) is 11.7 Å². The third-order valence-corrected chi connectivity index (χ3v) is 5.49. The van der Waals surface area contributed by atoms with Crippen molar-refractivity contribution in [2.75, 3.05) is 0 Å². The van der Waals surface area contributed by atoms with E-state index in [1.165, 1.54) is 11.1 Å². The predicted molar refractivity (Wildman–Crippen MR) is 108 cm³/mol. The lowest BCUT2D eigenvalue weighted by atomic mass is 9.82. The van der Waals surface area contributed by atoms with Gasteiger partial charge in [-0.15, -0.1) is 5.10 Å². The molecular weight excluding hydrogens is 372 g/mol. The minimum Gasteiger partial charge on any atom is -0.294 e. The van der Waals surface area contributed by atoms with Crippen LogP contribution in [0.4, 0.5) is 0 Å². The molecular formula is C22H17ClN4O. The molecule has 2 aromatic carbocycles. The predicted octanol–water partition coefficient (Wildman–Crippen LogP) is 4.67. The van der Waals surface area contributed by atoms with Gasteiger partial charge in [0.15, 0.2) is 11.6 Å². The van der Waals surface area contributed by atoms with Crippen LogP contribution in [0, 0.1) is 6.92 Å². The van der Waals surface area contributed by atoms with E-state index in [2.05, 4.69) is 46.3 Å². The highest BCUT2D eigenvalue weighted by molar-refractivity contribution is 6.30. The molecule has 0 amide bonds. The van der Waals surface area contributed by atoms with Crippen LogP contribution in [0.15, 0.2) is 54.7 Å². The molecule has 1 unspecified atom stereocenters. The van der Waals surface area contributed by atoms with Crippen molar-refractivity contribution >= 4 is 23.2 Å². The highest BCUT2D eigenvalue weighted by Gasteiger charge is 2.28. The van der Waals surface area contributed by atoms with E-state index in [1.807, 2.05) is 12.1 Å². The Morgan fingerprint density at radius 1 is 1.00 bits per heavy atom. The van der Waals surface area contributed by atoms with Gasteiger partial charge in [0.25, 0.3) is 5.78 Å². The third kappa shape index (κ3) is 2.98. The van der Waals surface area contributed by atoms with Crippen molar-refractivity contribution in [3.05, 3.63) is 82.1 Å². The second kappa shape index (κ2) is 6.53. The standard InChI is InChI=1S/C22H17ClN4O/c1-13-2-4-14(5-3-13)16-10-19-18(20(28)11-16)12-27-22(24-19)25-21(26-27)15-6-8-17(23)9-7-15/h2-9,12,16H,10-11H2,1H3. The number of benzene rings is 2. The first kappa shape index (κ1) is 17.1. The minimum absolute atomic E-state index is 0.102. The van der Waals surface area contributed by atoms with Gasteiger partial charge in [-0.1, -0.05) is 41.4 Å². The monoisotopic (exact) mass is 388 g/mol. The van der Waals surface area contributed by atoms with Crippen LogP contribution in [0.3, 0.4) is 0 Å². The number of ketones is 1. The van der Waals surface area contributed by atoms with Gasteiger partial charge in [-0.2, -0.15) is 4.98 Å². The summed E-state index contributed by atoms with van der Waals surface area (Å²) in [7, 11) is 0. The molecule has 2 heterocycles. The average molecular weight is 389 g/mol. The van der Waals surface area contributed by atoms with Gasteiger partial charge in [0.1, 0.15) is 0 Å². The lowest BCUT2D eigenvalue weighted by molar-refractivity contribution is 0.0962. The van der Waals surface area contributed by atoms with Crippen LogP contribution >= 0.6 is 11.6 Å². The highest BCUT2D eigenvalue weighted by Crippen LogP contribution is 2.32. The summed E-state index contributed by atoms with van der Waals surface area (Å²) in [5.74, 6) is 1.31. The summed E-state index contributed by atoms with van der Waals surface area (Å²) >= 11 is 5.96. The number of fused-ring (bicyclic) bond motifs is 2. The molecule has 0 saturated heterocycles. The maximum absolute atomic E-state index is 12.8. The summed E-state index contributed by atoms with van der Waals surface area (Å²) in [6, 6.07) is 15.7. The zero-order valence-electron chi connectivity index (χ0n) is 15.3. The first-order chi connectivity index (χ1) is 13.6. The fourth-order valence-corrected chi connectivity index (χ4v) is 3.81. The number of halogens is 1. The number of hydrogen-bond acceptors (Lipinski definition) is 4. The Labute approximate surface area is 167 Å². The summed E-state index contributed by atoms with van der Waals surface area (Å²) in [5.41, 5.74) is 4.68. The van der Waals surface area contributed by atoms with E-state index in [4.69, 9.17) is 11.6 Å². The van der Waals surface area contributed by atoms with Gasteiger partial charge >= 0.3 is 0 Å². The molecule has 0 bridgehead atoms. The van der Waals surface area contributed by atoms with Gasteiger partial charge in [0, 0.05) is 23.2 Å². The zero-order valence-corrected chi connectivity index (χ0v) is 16.0. The largest absolute Gasteiger partial charge is 0.294 e. The molecule has 0 fully saturated rings. The molecule has 0 aliphatic heterocycles. The Balaban J connectivity index is 1.53. The molecule has 1 aliphatic rings. The average Bonchev–Trinajstić information content (AvgIpc) is 3.10. The summed E-state index contributed by atoms with van der Waals surface area (Å²) in [6.07, 6.45) is 2.98. The maximum Gasteiger partial charge on any atom is 0.252 e. The van der Waals surface area contributed by atoms with Crippen molar-refractivity contribution in [2.24, 2.45) is 0 Å². The second-order valence-corrected chi connectivity index (χ2v) is 7.66. The number of aromatic nitrogens is 4. The number of nitrogens with zero attached hydrogens (tertiary/aromatic N) is 4. The zero-order chi connectivity index (χ0) is 19.3. The molecule has 138 valence electrons. The Morgan fingerprint density at radius 2 is 1.75 bits per heavy atom. The Kier molecular flexibility index (Phi) is 3.98. The van der Waals surface area contributed by atoms with Crippen LogP contribution in [-0.4, -0.2) is 25.4 Å². The molecule has 1 atom stereocenters. The van der Waals surface area contributed by atoms with Gasteiger partial charge in [0.05, 0.1) is 11.3 Å². The van der Waals surface area contributed by atoms with Gasteiger partial charge < -0.3 is 0 Å². The van der Waals surface area contributed by atoms with E-state index >= 15 is 0 Å². The van der Waals surface area contributed by atoms with Crippen molar-refractivity contribution < 1.29 is 4.79 Å². The summed E-state index contributed by atoms with van der Waals surface area (Å²) in [6.45, 7) is 2.06. The first-order valence-electron chi connectivity index (χ1n) is 9.19. The molecule has 2 aromatic heterocycles. The third-order valence-electron chi connectivity index (χ3n) is 5.23. The van der Waals surface area contributed by atoms with Crippen LogP contribution in [0.5, 0.6) is 0 Å². The summed E-state index contributed by atoms with van der Waals surface area (Å²) in [5, 5.41) is 5.15. The minimum atomic E-state index is 0.102. The molecule has 0 saturated carbocycles. The molecule has 0 N–H and O–H groups in total. The fraction of sp³-hybridized carbons (Fsp3) is 0.182. The van der Waals surface area contributed by atoms with Crippen molar-refractivity contribution in [2.45, 2.75) is 25.7 Å². The molecule has 4 aromatic rings. The van der Waals surface area contributed by atoms with Gasteiger partial charge in [0.2, 0.25) is 0 Å². The van der Waals surface area contributed by atoms with Gasteiger partial charge in [-0.05, 0) is 49.1 Å². The summed E-state index contributed by atoms with van der Waals surface area (Å²) in [4.78, 5) is 22.0. The quantitative estimate of drug-likeness (QED) is 0.500. The lowest BCUT2D eigenvalue weighted by Crippen LogP contribution is -2.21. The maximum atomic E-state index is 12.8. The molecule has 5 nitrogen and oxygen atoms in total. The van der Waals surface area contributed by atoms with Crippen LogP contribution in [0.25, 0.3) is 17.2 Å². The highest BCUT2D eigenvalue weighted by atomic mass is 35.5. The SMILES string of the molecule is Cc1ccc(C2CC(=O)c3cn4nc(-c5ccc(Cl)cc5)nc4nc3C2)cc1. The van der Waals surface area contributed by atoms with Crippen molar-refractivity contribution in [1.29, 1.82) is 0 Å². The van der Waals surface area contributed by atoms with Crippen LogP contribution in [0.1, 0.15) is 39.5 Å². The number of rotatable bonds is 2. The molecule has 0 radical (unpaired) electrons. The lowest BCUT2D eigenvalue weighted by Gasteiger charge is -2.23. The fourth-order valence-electron chi connectivity index (χ4n) is 3.68. The van der Waals surface area contributed by atoms with Crippen LogP contribution < -0.4 is 0 Å². The normalized spacial score (nSPS) is 16.4. The van der Waals surface area contributed by atoms with E-state index in [0.29, 0.717) is 28.6 Å². The Hall–Kier alpha value is -3.05. The second-order valence-electron chi connectivity index (χ2n) is 7.23. The van der Waals surface area contributed by atoms with Crippen LogP contribution in [0.2, 0.25) is 5.02 Å². The number of aryl methyl sites for hydroxylation is 1. The number of Topliss-reactive ketones (excluding diaryl/α,β-unsaturated/α-hetero) is 1. The molecule has 6 heteroatoms.